The molecule has 1 N–H and O–H groups in total. The molecule has 0 radical (unpaired) electrons. The average Bonchev–Trinajstić information content (AvgIpc) is 2.44. The van der Waals surface area contributed by atoms with E-state index in [1.807, 2.05) is 19.1 Å². The van der Waals surface area contributed by atoms with Gasteiger partial charge in [0.1, 0.15) is 5.75 Å². The molecule has 1 aliphatic heterocycles. The van der Waals surface area contributed by atoms with Gasteiger partial charge in [-0.05, 0) is 50.2 Å². The molecule has 0 bridgehead atoms. The number of nitrogens with zero attached hydrogens (tertiary/aromatic N) is 1. The number of carbonyl (C=O) groups excluding carboxylic acids is 1. The van der Waals surface area contributed by atoms with Gasteiger partial charge in [0.15, 0.2) is 0 Å². The molecule has 114 valence electrons. The molecule has 21 heavy (non-hydrogen) atoms. The molecule has 4 nitrogen and oxygen atoms in total. The number of aromatic hydroxyl groups is 1. The molecule has 0 aromatic heterocycles. The van der Waals surface area contributed by atoms with Gasteiger partial charge in [0.2, 0.25) is 5.91 Å². The number of ether oxygens (including phenoxy) is 1. The fraction of sp³-hybridized carbons (Fsp3) is 0.588. The zero-order chi connectivity index (χ0) is 14.8. The number of phenols is 1. The summed E-state index contributed by atoms with van der Waals surface area (Å²) in [5.74, 6) is 0.795. The summed E-state index contributed by atoms with van der Waals surface area (Å²) in [6, 6.07) is 5.52. The summed E-state index contributed by atoms with van der Waals surface area (Å²) in [7, 11) is 0. The second-order valence-corrected chi connectivity index (χ2v) is 6.05. The second-order valence-electron chi connectivity index (χ2n) is 6.05. The van der Waals surface area contributed by atoms with Crippen LogP contribution in [0.4, 0.5) is 5.69 Å². The molecule has 0 unspecified atom stereocenters. The normalized spacial score (nSPS) is 24.3. The topological polar surface area (TPSA) is 49.8 Å². The van der Waals surface area contributed by atoms with E-state index in [9.17, 15) is 9.90 Å². The maximum absolute atomic E-state index is 12.6. The number of para-hydroxylation sites is 1. The molecule has 1 amide bonds. The molecular weight excluding hydrogens is 266 g/mol. The van der Waals surface area contributed by atoms with Crippen molar-refractivity contribution in [3.05, 3.63) is 23.8 Å². The molecule has 2 aliphatic rings. The van der Waals surface area contributed by atoms with E-state index >= 15 is 0 Å². The standard InChI is InChI=1S/C17H23NO3/c1-2-21-14-9-12(10-14)11-16(20)18-8-4-6-13-5-3-7-15(19)17(13)18/h3,5,7,12,14,19H,2,4,6,8-11H2,1H3. The Kier molecular flexibility index (Phi) is 4.15. The van der Waals surface area contributed by atoms with Crippen LogP contribution in [-0.4, -0.2) is 30.3 Å². The van der Waals surface area contributed by atoms with Crippen LogP contribution in [0.15, 0.2) is 18.2 Å². The van der Waals surface area contributed by atoms with Crippen molar-refractivity contribution in [2.75, 3.05) is 18.1 Å². The molecule has 0 atom stereocenters. The number of aryl methyl sites for hydroxylation is 1. The van der Waals surface area contributed by atoms with Crippen LogP contribution >= 0.6 is 0 Å². The molecule has 1 heterocycles. The highest BCUT2D eigenvalue weighted by Crippen LogP contribution is 2.38. The first kappa shape index (κ1) is 14.4. The average molecular weight is 289 g/mol. The quantitative estimate of drug-likeness (QED) is 0.927. The van der Waals surface area contributed by atoms with E-state index in [2.05, 4.69) is 0 Å². The lowest BCUT2D eigenvalue weighted by Crippen LogP contribution is -2.40. The largest absolute Gasteiger partial charge is 0.506 e. The molecule has 0 spiro atoms. The third-order valence-electron chi connectivity index (χ3n) is 4.56. The second kappa shape index (κ2) is 6.06. The van der Waals surface area contributed by atoms with E-state index in [0.717, 1.165) is 43.5 Å². The first-order chi connectivity index (χ1) is 10.2. The maximum atomic E-state index is 12.6. The molecule has 0 saturated heterocycles. The van der Waals surface area contributed by atoms with Gasteiger partial charge in [-0.15, -0.1) is 0 Å². The molecule has 1 aromatic carbocycles. The van der Waals surface area contributed by atoms with Gasteiger partial charge in [-0.2, -0.15) is 0 Å². The highest BCUT2D eigenvalue weighted by molar-refractivity contribution is 5.96. The van der Waals surface area contributed by atoms with Gasteiger partial charge >= 0.3 is 0 Å². The monoisotopic (exact) mass is 289 g/mol. The Hall–Kier alpha value is -1.55. The third kappa shape index (κ3) is 2.91. The van der Waals surface area contributed by atoms with Gasteiger partial charge in [-0.3, -0.25) is 4.79 Å². The van der Waals surface area contributed by atoms with Crippen LogP contribution in [0.1, 0.15) is 38.2 Å². The molecule has 1 aliphatic carbocycles. The minimum absolute atomic E-state index is 0.136. The molecule has 3 rings (SSSR count). The van der Waals surface area contributed by atoms with E-state index < -0.39 is 0 Å². The summed E-state index contributed by atoms with van der Waals surface area (Å²) in [6.45, 7) is 3.47. The summed E-state index contributed by atoms with van der Waals surface area (Å²) < 4.78 is 5.55. The van der Waals surface area contributed by atoms with Crippen molar-refractivity contribution in [1.82, 2.24) is 0 Å². The highest BCUT2D eigenvalue weighted by Gasteiger charge is 2.34. The first-order valence-electron chi connectivity index (χ1n) is 7.92. The van der Waals surface area contributed by atoms with E-state index in [1.165, 1.54) is 0 Å². The van der Waals surface area contributed by atoms with Crippen LogP contribution in [0.5, 0.6) is 5.75 Å². The van der Waals surface area contributed by atoms with Crippen LogP contribution in [0.3, 0.4) is 0 Å². The summed E-state index contributed by atoms with van der Waals surface area (Å²) in [4.78, 5) is 14.3. The number of rotatable bonds is 4. The van der Waals surface area contributed by atoms with Gasteiger partial charge in [0.05, 0.1) is 11.8 Å². The van der Waals surface area contributed by atoms with Crippen LogP contribution in [0.25, 0.3) is 0 Å². The molecule has 1 aromatic rings. The number of amides is 1. The zero-order valence-corrected chi connectivity index (χ0v) is 12.5. The minimum Gasteiger partial charge on any atom is -0.506 e. The van der Waals surface area contributed by atoms with Gasteiger partial charge in [0.25, 0.3) is 0 Å². The fourth-order valence-electron chi connectivity index (χ4n) is 3.45. The van der Waals surface area contributed by atoms with Crippen molar-refractivity contribution in [1.29, 1.82) is 0 Å². The Balaban J connectivity index is 1.65. The Morgan fingerprint density at radius 3 is 3.00 bits per heavy atom. The predicted octanol–water partition coefficient (Wildman–Crippen LogP) is 2.88. The summed E-state index contributed by atoms with van der Waals surface area (Å²) in [6.07, 6.45) is 4.78. The van der Waals surface area contributed by atoms with Crippen molar-refractivity contribution < 1.29 is 14.6 Å². The number of hydrogen-bond acceptors (Lipinski definition) is 3. The fourth-order valence-corrected chi connectivity index (χ4v) is 3.45. The van der Waals surface area contributed by atoms with E-state index in [4.69, 9.17) is 4.74 Å². The van der Waals surface area contributed by atoms with E-state index in [1.54, 1.807) is 11.0 Å². The van der Waals surface area contributed by atoms with E-state index in [0.29, 0.717) is 25.0 Å². The van der Waals surface area contributed by atoms with Crippen molar-refractivity contribution in [2.45, 2.75) is 45.1 Å². The van der Waals surface area contributed by atoms with Crippen LogP contribution in [0.2, 0.25) is 0 Å². The number of carbonyl (C=O) groups is 1. The van der Waals surface area contributed by atoms with Crippen molar-refractivity contribution in [3.8, 4) is 5.75 Å². The molecular formula is C17H23NO3. The lowest BCUT2D eigenvalue weighted by Gasteiger charge is -2.37. The zero-order valence-electron chi connectivity index (χ0n) is 12.5. The lowest BCUT2D eigenvalue weighted by molar-refractivity contribution is -0.121. The minimum atomic E-state index is 0.136. The smallest absolute Gasteiger partial charge is 0.227 e. The SMILES string of the molecule is CCOC1CC(CC(=O)N2CCCc3cccc(O)c32)C1. The molecule has 1 fully saturated rings. The van der Waals surface area contributed by atoms with Crippen molar-refractivity contribution >= 4 is 11.6 Å². The Labute approximate surface area is 125 Å². The van der Waals surface area contributed by atoms with Gasteiger partial charge in [0, 0.05) is 19.6 Å². The van der Waals surface area contributed by atoms with Crippen molar-refractivity contribution in [2.24, 2.45) is 5.92 Å². The van der Waals surface area contributed by atoms with Gasteiger partial charge in [-0.1, -0.05) is 12.1 Å². The number of fused-ring (bicyclic) bond motifs is 1. The Morgan fingerprint density at radius 2 is 2.24 bits per heavy atom. The Bertz CT molecular complexity index is 523. The predicted molar refractivity (Wildman–Crippen MR) is 81.5 cm³/mol. The number of phenolic OH excluding ortho intramolecular Hbond substituents is 1. The number of benzene rings is 1. The van der Waals surface area contributed by atoms with Gasteiger partial charge in [-0.25, -0.2) is 0 Å². The van der Waals surface area contributed by atoms with Crippen LogP contribution in [-0.2, 0) is 16.0 Å². The van der Waals surface area contributed by atoms with Crippen LogP contribution < -0.4 is 4.90 Å². The van der Waals surface area contributed by atoms with Crippen LogP contribution in [0, 0.1) is 5.92 Å². The van der Waals surface area contributed by atoms with E-state index in [-0.39, 0.29) is 11.7 Å². The lowest BCUT2D eigenvalue weighted by atomic mass is 9.79. The molecule has 4 heteroatoms. The first-order valence-corrected chi connectivity index (χ1v) is 7.92. The van der Waals surface area contributed by atoms with Gasteiger partial charge < -0.3 is 14.7 Å². The summed E-state index contributed by atoms with van der Waals surface area (Å²) in [5, 5.41) is 10.1. The highest BCUT2D eigenvalue weighted by atomic mass is 16.5. The molecule has 1 saturated carbocycles. The summed E-state index contributed by atoms with van der Waals surface area (Å²) >= 11 is 0. The number of hydrogen-bond donors (Lipinski definition) is 1. The maximum Gasteiger partial charge on any atom is 0.227 e. The third-order valence-corrected chi connectivity index (χ3v) is 4.56. The Morgan fingerprint density at radius 1 is 1.43 bits per heavy atom. The summed E-state index contributed by atoms with van der Waals surface area (Å²) in [5.41, 5.74) is 1.81. The van der Waals surface area contributed by atoms with Crippen molar-refractivity contribution in [3.63, 3.8) is 0 Å². The number of anilines is 1.